The van der Waals surface area contributed by atoms with E-state index in [1.54, 1.807) is 6.20 Å². The fraction of sp³-hybridized carbons (Fsp3) is 0.520. The van der Waals surface area contributed by atoms with E-state index in [2.05, 4.69) is 32.2 Å². The van der Waals surface area contributed by atoms with E-state index < -0.39 is 0 Å². The van der Waals surface area contributed by atoms with E-state index in [9.17, 15) is 4.79 Å². The molecule has 5 rings (SSSR count). The Morgan fingerprint density at radius 1 is 1.12 bits per heavy atom. The van der Waals surface area contributed by atoms with Gasteiger partial charge in [0.25, 0.3) is 0 Å². The Hall–Kier alpha value is -2.51. The number of aromatic nitrogens is 1. The summed E-state index contributed by atoms with van der Waals surface area (Å²) >= 11 is 5.97. The summed E-state index contributed by atoms with van der Waals surface area (Å²) in [6, 6.07) is 9.94. The number of carbonyl (C=O) groups excluding carboxylic acids is 1. The number of carbonyl (C=O) groups is 1. The van der Waals surface area contributed by atoms with Crippen molar-refractivity contribution in [3.05, 3.63) is 47.1 Å². The summed E-state index contributed by atoms with van der Waals surface area (Å²) in [5, 5.41) is 4.00. The SMILES string of the molecule is O=C(NC(Cc1ccc2c(c1)OCCO2)CN1CCCC1)C1CCN(c2ccc(Cl)cn2)C1. The monoisotopic (exact) mass is 470 g/mol. The third kappa shape index (κ3) is 5.53. The van der Waals surface area contributed by atoms with Gasteiger partial charge in [-0.1, -0.05) is 17.7 Å². The lowest BCUT2D eigenvalue weighted by Crippen LogP contribution is -2.46. The number of hydrogen-bond donors (Lipinski definition) is 1. The molecule has 2 atom stereocenters. The molecule has 176 valence electrons. The predicted molar refractivity (Wildman–Crippen MR) is 128 cm³/mol. The minimum Gasteiger partial charge on any atom is -0.486 e. The molecule has 33 heavy (non-hydrogen) atoms. The molecule has 2 saturated heterocycles. The molecule has 0 saturated carbocycles. The van der Waals surface area contributed by atoms with E-state index >= 15 is 0 Å². The highest BCUT2D eigenvalue weighted by Gasteiger charge is 2.31. The average molecular weight is 471 g/mol. The number of fused-ring (bicyclic) bond motifs is 1. The van der Waals surface area contributed by atoms with Crippen LogP contribution in [0.4, 0.5) is 5.82 Å². The lowest BCUT2D eigenvalue weighted by Gasteiger charge is -2.26. The van der Waals surface area contributed by atoms with Gasteiger partial charge >= 0.3 is 0 Å². The molecule has 2 aromatic rings. The van der Waals surface area contributed by atoms with Gasteiger partial charge in [0.2, 0.25) is 5.91 Å². The Bertz CT molecular complexity index is 965. The molecule has 8 heteroatoms. The smallest absolute Gasteiger partial charge is 0.225 e. The quantitative estimate of drug-likeness (QED) is 0.670. The first-order valence-electron chi connectivity index (χ1n) is 11.9. The Morgan fingerprint density at radius 2 is 1.94 bits per heavy atom. The topological polar surface area (TPSA) is 66.9 Å². The van der Waals surface area contributed by atoms with Crippen molar-refractivity contribution in [2.45, 2.75) is 31.7 Å². The number of hydrogen-bond acceptors (Lipinski definition) is 6. The van der Waals surface area contributed by atoms with E-state index in [0.717, 1.165) is 61.9 Å². The number of nitrogens with one attached hydrogen (secondary N) is 1. The third-order valence-electron chi connectivity index (χ3n) is 6.71. The van der Waals surface area contributed by atoms with Crippen molar-refractivity contribution in [1.82, 2.24) is 15.2 Å². The number of anilines is 1. The van der Waals surface area contributed by atoms with E-state index in [4.69, 9.17) is 21.1 Å². The summed E-state index contributed by atoms with van der Waals surface area (Å²) in [6.07, 6.45) is 5.72. The second kappa shape index (κ2) is 10.2. The summed E-state index contributed by atoms with van der Waals surface area (Å²) < 4.78 is 11.4. The number of rotatable bonds is 7. The van der Waals surface area contributed by atoms with Gasteiger partial charge in [0.1, 0.15) is 19.0 Å². The molecule has 1 aromatic carbocycles. The lowest BCUT2D eigenvalue weighted by molar-refractivity contribution is -0.125. The predicted octanol–water partition coefficient (Wildman–Crippen LogP) is 3.16. The Kier molecular flexibility index (Phi) is 6.88. The highest BCUT2D eigenvalue weighted by Crippen LogP contribution is 2.31. The van der Waals surface area contributed by atoms with Crippen molar-refractivity contribution in [3.63, 3.8) is 0 Å². The van der Waals surface area contributed by atoms with Crippen LogP contribution in [0.1, 0.15) is 24.8 Å². The van der Waals surface area contributed by atoms with Crippen LogP contribution in [0, 0.1) is 5.92 Å². The number of benzene rings is 1. The van der Waals surface area contributed by atoms with Crippen molar-refractivity contribution in [3.8, 4) is 11.5 Å². The second-order valence-corrected chi connectivity index (χ2v) is 9.60. The zero-order chi connectivity index (χ0) is 22.6. The number of amides is 1. The third-order valence-corrected chi connectivity index (χ3v) is 6.93. The number of nitrogens with zero attached hydrogens (tertiary/aromatic N) is 3. The van der Waals surface area contributed by atoms with Crippen LogP contribution >= 0.6 is 11.6 Å². The van der Waals surface area contributed by atoms with Crippen LogP contribution in [0.5, 0.6) is 11.5 Å². The van der Waals surface area contributed by atoms with Crippen LogP contribution in [0.15, 0.2) is 36.5 Å². The standard InChI is InChI=1S/C25H31ClN4O3/c26-20-4-6-24(27-15-20)30-10-7-19(16-30)25(31)28-21(17-29-8-1-2-9-29)13-18-3-5-22-23(14-18)33-12-11-32-22/h3-6,14-15,19,21H,1-2,7-13,16-17H2,(H,28,31). The number of pyridine rings is 1. The number of ether oxygens (including phenoxy) is 2. The van der Waals surface area contributed by atoms with Crippen molar-refractivity contribution in [2.75, 3.05) is 50.8 Å². The van der Waals surface area contributed by atoms with Crippen molar-refractivity contribution in [2.24, 2.45) is 5.92 Å². The van der Waals surface area contributed by atoms with Crippen LogP contribution in [0.25, 0.3) is 0 Å². The summed E-state index contributed by atoms with van der Waals surface area (Å²) in [6.45, 7) is 5.75. The summed E-state index contributed by atoms with van der Waals surface area (Å²) in [5.74, 6) is 2.57. The summed E-state index contributed by atoms with van der Waals surface area (Å²) in [7, 11) is 0. The summed E-state index contributed by atoms with van der Waals surface area (Å²) in [4.78, 5) is 22.3. The molecule has 0 bridgehead atoms. The molecule has 1 N–H and O–H groups in total. The summed E-state index contributed by atoms with van der Waals surface area (Å²) in [5.41, 5.74) is 1.15. The molecule has 2 unspecified atom stereocenters. The van der Waals surface area contributed by atoms with E-state index in [1.807, 2.05) is 18.2 Å². The Balaban J connectivity index is 1.24. The minimum absolute atomic E-state index is 0.0381. The fourth-order valence-electron chi connectivity index (χ4n) is 4.99. The molecule has 1 aromatic heterocycles. The van der Waals surface area contributed by atoms with Crippen molar-refractivity contribution < 1.29 is 14.3 Å². The van der Waals surface area contributed by atoms with Gasteiger partial charge in [-0.25, -0.2) is 4.98 Å². The van der Waals surface area contributed by atoms with Gasteiger partial charge in [-0.05, 0) is 68.6 Å². The molecule has 0 spiro atoms. The zero-order valence-electron chi connectivity index (χ0n) is 18.8. The molecule has 7 nitrogen and oxygen atoms in total. The fourth-order valence-corrected chi connectivity index (χ4v) is 5.11. The van der Waals surface area contributed by atoms with Crippen LogP contribution in [-0.2, 0) is 11.2 Å². The van der Waals surface area contributed by atoms with Crippen LogP contribution in [-0.4, -0.2) is 67.8 Å². The van der Waals surface area contributed by atoms with E-state index in [-0.39, 0.29) is 17.9 Å². The van der Waals surface area contributed by atoms with Crippen LogP contribution in [0.3, 0.4) is 0 Å². The molecular weight excluding hydrogens is 440 g/mol. The molecule has 0 radical (unpaired) electrons. The van der Waals surface area contributed by atoms with Gasteiger partial charge < -0.3 is 24.6 Å². The van der Waals surface area contributed by atoms with Gasteiger partial charge in [0.05, 0.1) is 10.9 Å². The molecule has 4 heterocycles. The van der Waals surface area contributed by atoms with E-state index in [1.165, 1.54) is 12.8 Å². The molecule has 1 amide bonds. The first-order chi connectivity index (χ1) is 16.1. The molecule has 3 aliphatic rings. The van der Waals surface area contributed by atoms with Gasteiger partial charge in [0, 0.05) is 31.9 Å². The van der Waals surface area contributed by atoms with Crippen LogP contribution < -0.4 is 19.7 Å². The van der Waals surface area contributed by atoms with Gasteiger partial charge in [0.15, 0.2) is 11.5 Å². The maximum Gasteiger partial charge on any atom is 0.225 e. The number of likely N-dealkylation sites (tertiary alicyclic amines) is 1. The first kappa shape index (κ1) is 22.3. The molecule has 0 aliphatic carbocycles. The maximum absolute atomic E-state index is 13.2. The first-order valence-corrected chi connectivity index (χ1v) is 12.3. The molecular formula is C25H31ClN4O3. The lowest BCUT2D eigenvalue weighted by atomic mass is 10.0. The van der Waals surface area contributed by atoms with Crippen LogP contribution in [0.2, 0.25) is 5.02 Å². The van der Waals surface area contributed by atoms with E-state index in [0.29, 0.717) is 24.8 Å². The Labute approximate surface area is 200 Å². The zero-order valence-corrected chi connectivity index (χ0v) is 19.6. The van der Waals surface area contributed by atoms with Gasteiger partial charge in [-0.15, -0.1) is 0 Å². The average Bonchev–Trinajstić information content (AvgIpc) is 3.52. The maximum atomic E-state index is 13.2. The molecule has 3 aliphatic heterocycles. The molecule has 2 fully saturated rings. The van der Waals surface area contributed by atoms with Gasteiger partial charge in [-0.3, -0.25) is 4.79 Å². The van der Waals surface area contributed by atoms with Crippen molar-refractivity contribution >= 4 is 23.3 Å². The highest BCUT2D eigenvalue weighted by molar-refractivity contribution is 6.30. The minimum atomic E-state index is -0.0381. The highest BCUT2D eigenvalue weighted by atomic mass is 35.5. The van der Waals surface area contributed by atoms with Gasteiger partial charge in [-0.2, -0.15) is 0 Å². The second-order valence-electron chi connectivity index (χ2n) is 9.16. The largest absolute Gasteiger partial charge is 0.486 e. The Morgan fingerprint density at radius 3 is 2.73 bits per heavy atom. The number of halogens is 1. The normalized spacial score (nSPS) is 21.2. The van der Waals surface area contributed by atoms with Crippen molar-refractivity contribution in [1.29, 1.82) is 0 Å².